The molecule has 0 fully saturated rings. The van der Waals surface area contributed by atoms with Crippen LogP contribution in [0.4, 0.5) is 0 Å². The Balaban J connectivity index is 2.01. The summed E-state index contributed by atoms with van der Waals surface area (Å²) in [6.45, 7) is 4.84. The van der Waals surface area contributed by atoms with Gasteiger partial charge >= 0.3 is 0 Å². The van der Waals surface area contributed by atoms with E-state index in [9.17, 15) is 0 Å². The molecule has 0 aliphatic rings. The Bertz CT molecular complexity index is 804. The maximum absolute atomic E-state index is 8.99. The van der Waals surface area contributed by atoms with Gasteiger partial charge < -0.3 is 4.57 Å². The first kappa shape index (κ1) is 13.4. The maximum atomic E-state index is 8.99. The summed E-state index contributed by atoms with van der Waals surface area (Å²) in [4.78, 5) is 4.55. The molecule has 0 saturated carbocycles. The minimum atomic E-state index is 0.305. The van der Waals surface area contributed by atoms with Gasteiger partial charge in [-0.05, 0) is 32.0 Å². The van der Waals surface area contributed by atoms with E-state index in [1.165, 1.54) is 0 Å². The van der Waals surface area contributed by atoms with Crippen molar-refractivity contribution in [3.8, 4) is 6.07 Å². The molecule has 5 nitrogen and oxygen atoms in total. The van der Waals surface area contributed by atoms with Gasteiger partial charge in [0.15, 0.2) is 0 Å². The van der Waals surface area contributed by atoms with Crippen LogP contribution in [0.5, 0.6) is 0 Å². The fraction of sp³-hybridized carbons (Fsp3) is 0.312. The smallest absolute Gasteiger partial charge is 0.124 e. The highest BCUT2D eigenvalue weighted by atomic mass is 15.3. The average molecular weight is 279 g/mol. The summed E-state index contributed by atoms with van der Waals surface area (Å²) in [7, 11) is 0. The molecule has 0 aliphatic heterocycles. The molecule has 0 aliphatic carbocycles. The molecule has 0 atom stereocenters. The van der Waals surface area contributed by atoms with Crippen molar-refractivity contribution >= 4 is 11.0 Å². The second-order valence-corrected chi connectivity index (χ2v) is 5.32. The first-order valence-corrected chi connectivity index (χ1v) is 7.04. The zero-order chi connectivity index (χ0) is 14.8. The summed E-state index contributed by atoms with van der Waals surface area (Å²) in [5.74, 6) is 0.790. The number of rotatable bonds is 4. The fourth-order valence-electron chi connectivity index (χ4n) is 2.42. The molecule has 0 spiro atoms. The first-order valence-electron chi connectivity index (χ1n) is 7.04. The van der Waals surface area contributed by atoms with Crippen molar-refractivity contribution in [2.45, 2.75) is 32.9 Å². The average Bonchev–Trinajstić information content (AvgIpc) is 3.06. The van der Waals surface area contributed by atoms with Crippen LogP contribution >= 0.6 is 0 Å². The number of hydrogen-bond donors (Lipinski definition) is 0. The second-order valence-electron chi connectivity index (χ2n) is 5.32. The van der Waals surface area contributed by atoms with Gasteiger partial charge in [0.05, 0.1) is 35.8 Å². The van der Waals surface area contributed by atoms with Crippen LogP contribution < -0.4 is 0 Å². The van der Waals surface area contributed by atoms with Crippen LogP contribution in [0.1, 0.15) is 31.4 Å². The van der Waals surface area contributed by atoms with Crippen molar-refractivity contribution in [2.75, 3.05) is 0 Å². The normalized spacial score (nSPS) is 11.1. The van der Waals surface area contributed by atoms with Crippen LogP contribution in [0.2, 0.25) is 0 Å². The first-order chi connectivity index (χ1) is 10.2. The summed E-state index contributed by atoms with van der Waals surface area (Å²) < 4.78 is 4.02. The van der Waals surface area contributed by atoms with Crippen molar-refractivity contribution in [3.05, 3.63) is 48.0 Å². The highest BCUT2D eigenvalue weighted by molar-refractivity contribution is 5.76. The molecular formula is C16H17N5. The van der Waals surface area contributed by atoms with Gasteiger partial charge in [-0.3, -0.25) is 4.68 Å². The Labute approximate surface area is 123 Å². The van der Waals surface area contributed by atoms with E-state index in [1.807, 2.05) is 41.2 Å². The third-order valence-corrected chi connectivity index (χ3v) is 3.48. The molecule has 0 bridgehead atoms. The summed E-state index contributed by atoms with van der Waals surface area (Å²) in [5.41, 5.74) is 2.94. The van der Waals surface area contributed by atoms with Gasteiger partial charge in [-0.15, -0.1) is 0 Å². The van der Waals surface area contributed by atoms with Crippen LogP contribution in [-0.2, 0) is 13.0 Å². The predicted molar refractivity (Wildman–Crippen MR) is 80.8 cm³/mol. The topological polar surface area (TPSA) is 59.4 Å². The molecule has 0 amide bonds. The number of aromatic nitrogens is 4. The molecule has 106 valence electrons. The third-order valence-electron chi connectivity index (χ3n) is 3.48. The predicted octanol–water partition coefficient (Wildman–Crippen LogP) is 2.93. The van der Waals surface area contributed by atoms with E-state index in [4.69, 9.17) is 5.26 Å². The zero-order valence-corrected chi connectivity index (χ0v) is 12.2. The lowest BCUT2D eigenvalue weighted by molar-refractivity contribution is 0.523. The molecular weight excluding hydrogens is 262 g/mol. The minimum Gasteiger partial charge on any atom is -0.321 e. The number of nitrogens with zero attached hydrogens (tertiary/aromatic N) is 5. The van der Waals surface area contributed by atoms with Crippen LogP contribution in [0.15, 0.2) is 36.5 Å². The van der Waals surface area contributed by atoms with E-state index in [-0.39, 0.29) is 0 Å². The molecule has 0 radical (unpaired) electrons. The van der Waals surface area contributed by atoms with Gasteiger partial charge in [0, 0.05) is 12.2 Å². The molecule has 0 unspecified atom stereocenters. The number of hydrogen-bond acceptors (Lipinski definition) is 3. The van der Waals surface area contributed by atoms with Crippen LogP contribution in [0, 0.1) is 11.3 Å². The van der Waals surface area contributed by atoms with E-state index < -0.39 is 0 Å². The molecule has 0 N–H and O–H groups in total. The molecule has 0 saturated heterocycles. The van der Waals surface area contributed by atoms with Crippen molar-refractivity contribution in [2.24, 2.45) is 0 Å². The number of para-hydroxylation sites is 2. The van der Waals surface area contributed by atoms with Gasteiger partial charge in [0.2, 0.25) is 0 Å². The molecule has 1 aromatic carbocycles. The maximum Gasteiger partial charge on any atom is 0.124 e. The summed E-state index contributed by atoms with van der Waals surface area (Å²) in [5, 5.41) is 13.6. The Kier molecular flexibility index (Phi) is 3.44. The molecule has 3 rings (SSSR count). The number of imidazole rings is 1. The largest absolute Gasteiger partial charge is 0.321 e. The lowest BCUT2D eigenvalue weighted by atomic mass is 10.3. The van der Waals surface area contributed by atoms with Gasteiger partial charge in [0.1, 0.15) is 5.82 Å². The standard InChI is InChI=1S/C16H17N5/c1-12(2)21-10-8-13(19-21)11-20-15-6-4-3-5-14(15)18-16(20)7-9-17/h3-6,8,10,12H,7,11H2,1-2H3. The van der Waals surface area contributed by atoms with E-state index >= 15 is 0 Å². The van der Waals surface area contributed by atoms with Crippen LogP contribution in [-0.4, -0.2) is 19.3 Å². The highest BCUT2D eigenvalue weighted by Gasteiger charge is 2.12. The monoisotopic (exact) mass is 279 g/mol. The lowest BCUT2D eigenvalue weighted by Gasteiger charge is -2.06. The summed E-state index contributed by atoms with van der Waals surface area (Å²) in [6, 6.07) is 12.5. The van der Waals surface area contributed by atoms with Crippen molar-refractivity contribution < 1.29 is 0 Å². The van der Waals surface area contributed by atoms with E-state index in [0.29, 0.717) is 19.0 Å². The molecule has 2 heterocycles. The van der Waals surface area contributed by atoms with Gasteiger partial charge in [-0.25, -0.2) is 4.98 Å². The van der Waals surface area contributed by atoms with Gasteiger partial charge in [0.25, 0.3) is 0 Å². The van der Waals surface area contributed by atoms with Crippen LogP contribution in [0.3, 0.4) is 0 Å². The van der Waals surface area contributed by atoms with E-state index in [0.717, 1.165) is 22.6 Å². The number of fused-ring (bicyclic) bond motifs is 1. The Hall–Kier alpha value is -2.61. The van der Waals surface area contributed by atoms with Gasteiger partial charge in [-0.2, -0.15) is 10.4 Å². The fourth-order valence-corrected chi connectivity index (χ4v) is 2.42. The molecule has 2 aromatic heterocycles. The summed E-state index contributed by atoms with van der Waals surface area (Å²) in [6.07, 6.45) is 2.29. The quantitative estimate of drug-likeness (QED) is 0.737. The van der Waals surface area contributed by atoms with Crippen molar-refractivity contribution in [1.82, 2.24) is 19.3 Å². The summed E-state index contributed by atoms with van der Waals surface area (Å²) >= 11 is 0. The van der Waals surface area contributed by atoms with E-state index in [1.54, 1.807) is 0 Å². The number of benzene rings is 1. The highest BCUT2D eigenvalue weighted by Crippen LogP contribution is 2.18. The Morgan fingerprint density at radius 1 is 1.24 bits per heavy atom. The van der Waals surface area contributed by atoms with E-state index in [2.05, 4.69) is 34.6 Å². The SMILES string of the molecule is CC(C)n1ccc(Cn2c(CC#N)nc3ccccc32)n1. The lowest BCUT2D eigenvalue weighted by Crippen LogP contribution is -2.07. The number of nitriles is 1. The van der Waals surface area contributed by atoms with Crippen molar-refractivity contribution in [1.29, 1.82) is 5.26 Å². The third kappa shape index (κ3) is 2.52. The van der Waals surface area contributed by atoms with Gasteiger partial charge in [-0.1, -0.05) is 12.1 Å². The second kappa shape index (κ2) is 5.41. The minimum absolute atomic E-state index is 0.305. The Morgan fingerprint density at radius 2 is 2.05 bits per heavy atom. The zero-order valence-electron chi connectivity index (χ0n) is 12.2. The molecule has 5 heteroatoms. The molecule has 21 heavy (non-hydrogen) atoms. The Morgan fingerprint density at radius 3 is 2.76 bits per heavy atom. The van der Waals surface area contributed by atoms with Crippen LogP contribution in [0.25, 0.3) is 11.0 Å². The molecule has 3 aromatic rings. The van der Waals surface area contributed by atoms with Crippen molar-refractivity contribution in [3.63, 3.8) is 0 Å².